The summed E-state index contributed by atoms with van der Waals surface area (Å²) in [6.07, 6.45) is -2.31. The van der Waals surface area contributed by atoms with Crippen molar-refractivity contribution >= 4 is 41.0 Å². The highest BCUT2D eigenvalue weighted by molar-refractivity contribution is 6.30. The lowest BCUT2D eigenvalue weighted by Crippen LogP contribution is -2.47. The third-order valence-corrected chi connectivity index (χ3v) is 6.87. The molecule has 1 aliphatic rings. The number of nitrogens with zero attached hydrogens (tertiary/aromatic N) is 1. The highest BCUT2D eigenvalue weighted by Gasteiger charge is 2.41. The number of fused-ring (bicyclic) bond motifs is 1. The maximum atomic E-state index is 14.2. The van der Waals surface area contributed by atoms with E-state index >= 15 is 0 Å². The summed E-state index contributed by atoms with van der Waals surface area (Å²) in [4.78, 5) is 51.0. The predicted octanol–water partition coefficient (Wildman–Crippen LogP) is 4.14. The molecule has 0 saturated carbocycles. The molecule has 3 rings (SSSR count). The van der Waals surface area contributed by atoms with E-state index in [1.807, 2.05) is 13.8 Å². The number of rotatable bonds is 13. The van der Waals surface area contributed by atoms with Gasteiger partial charge in [0, 0.05) is 53.7 Å². The Morgan fingerprint density at radius 3 is 2.50 bits per heavy atom. The molecule has 0 fully saturated rings. The van der Waals surface area contributed by atoms with Gasteiger partial charge in [-0.15, -0.1) is 0 Å². The zero-order chi connectivity index (χ0) is 31.0. The second-order valence-corrected chi connectivity index (χ2v) is 11.1. The van der Waals surface area contributed by atoms with E-state index in [-0.39, 0.29) is 39.0 Å². The second-order valence-electron chi connectivity index (χ2n) is 10.7. The Balaban J connectivity index is 2.09. The molecule has 1 aliphatic heterocycles. The highest BCUT2D eigenvalue weighted by atomic mass is 35.5. The number of benzene rings is 2. The SMILES string of the molecule is COc1cccc([C@H]2O[C@H](CC(=O)NCCCC(=O)O)C(=O)N(CC(C)(C)COC(C)=O)c3ccc(Cl)cc32)c1OC. The van der Waals surface area contributed by atoms with E-state index in [9.17, 15) is 19.2 Å². The van der Waals surface area contributed by atoms with Crippen LogP contribution in [0.15, 0.2) is 36.4 Å². The quantitative estimate of drug-likeness (QED) is 0.255. The van der Waals surface area contributed by atoms with Crippen LogP contribution in [0.1, 0.15) is 57.3 Å². The second kappa shape index (κ2) is 14.4. The molecule has 1 heterocycles. The molecule has 2 amide bonds. The minimum absolute atomic E-state index is 0.0533. The summed E-state index contributed by atoms with van der Waals surface area (Å²) in [5, 5.41) is 12.0. The van der Waals surface area contributed by atoms with Crippen LogP contribution in [0.4, 0.5) is 5.69 Å². The molecule has 0 unspecified atom stereocenters. The molecule has 0 spiro atoms. The van der Waals surface area contributed by atoms with Crippen LogP contribution in [0.25, 0.3) is 0 Å². The molecular formula is C30H37ClN2O9. The monoisotopic (exact) mass is 604 g/mol. The smallest absolute Gasteiger partial charge is 0.303 e. The van der Waals surface area contributed by atoms with Crippen LogP contribution in [0.5, 0.6) is 11.5 Å². The number of esters is 1. The molecule has 2 N–H and O–H groups in total. The van der Waals surface area contributed by atoms with E-state index in [0.717, 1.165) is 0 Å². The van der Waals surface area contributed by atoms with Gasteiger partial charge in [0.05, 0.1) is 27.2 Å². The van der Waals surface area contributed by atoms with E-state index < -0.39 is 41.4 Å². The maximum absolute atomic E-state index is 14.2. The van der Waals surface area contributed by atoms with Gasteiger partial charge in [-0.1, -0.05) is 37.6 Å². The van der Waals surface area contributed by atoms with Crippen molar-refractivity contribution in [3.05, 3.63) is 52.5 Å². The minimum Gasteiger partial charge on any atom is -0.493 e. The topological polar surface area (TPSA) is 141 Å². The van der Waals surface area contributed by atoms with Gasteiger partial charge < -0.3 is 34.3 Å². The van der Waals surface area contributed by atoms with Gasteiger partial charge in [-0.3, -0.25) is 19.2 Å². The molecule has 0 aromatic heterocycles. The highest BCUT2D eigenvalue weighted by Crippen LogP contribution is 2.45. The predicted molar refractivity (Wildman–Crippen MR) is 155 cm³/mol. The lowest BCUT2D eigenvalue weighted by Gasteiger charge is -2.33. The zero-order valence-corrected chi connectivity index (χ0v) is 25.2. The van der Waals surface area contributed by atoms with Gasteiger partial charge in [0.25, 0.3) is 5.91 Å². The summed E-state index contributed by atoms with van der Waals surface area (Å²) >= 11 is 6.45. The summed E-state index contributed by atoms with van der Waals surface area (Å²) in [7, 11) is 3.00. The average Bonchev–Trinajstić information content (AvgIpc) is 3.04. The van der Waals surface area contributed by atoms with Crippen molar-refractivity contribution in [2.24, 2.45) is 5.41 Å². The van der Waals surface area contributed by atoms with Crippen LogP contribution in [0.3, 0.4) is 0 Å². The summed E-state index contributed by atoms with van der Waals surface area (Å²) in [6, 6.07) is 10.4. The number of carbonyl (C=O) groups excluding carboxylic acids is 3. The molecule has 2 atom stereocenters. The number of hydrogen-bond acceptors (Lipinski definition) is 8. The average molecular weight is 605 g/mol. The zero-order valence-electron chi connectivity index (χ0n) is 24.4. The van der Waals surface area contributed by atoms with Gasteiger partial charge in [-0.05, 0) is 30.7 Å². The number of anilines is 1. The standard InChI is InChI=1S/C30H37ClN2O9/c1-18(34)41-17-30(2,3)16-33-22-12-11-19(31)14-21(22)27(20-8-6-9-23(39-4)28(20)40-5)42-24(29(33)38)15-25(35)32-13-7-10-26(36)37/h6,8-9,11-12,14,24,27H,7,10,13,15-17H2,1-5H3,(H,32,35)(H,36,37)/t24-,27-/m1/s1. The van der Waals surface area contributed by atoms with Gasteiger partial charge in [0.2, 0.25) is 5.91 Å². The Morgan fingerprint density at radius 2 is 1.86 bits per heavy atom. The van der Waals surface area contributed by atoms with E-state index in [2.05, 4.69) is 5.32 Å². The Kier molecular flexibility index (Phi) is 11.2. The maximum Gasteiger partial charge on any atom is 0.303 e. The fraction of sp³-hybridized carbons (Fsp3) is 0.467. The molecule has 0 saturated heterocycles. The Labute approximate surface area is 250 Å². The van der Waals surface area contributed by atoms with Crippen molar-refractivity contribution in [2.45, 2.75) is 52.2 Å². The summed E-state index contributed by atoms with van der Waals surface area (Å²) in [6.45, 7) is 5.35. The molecule has 11 nitrogen and oxygen atoms in total. The van der Waals surface area contributed by atoms with Crippen LogP contribution in [-0.4, -0.2) is 68.9 Å². The van der Waals surface area contributed by atoms with E-state index in [1.165, 1.54) is 26.0 Å². The van der Waals surface area contributed by atoms with Gasteiger partial charge in [0.15, 0.2) is 11.5 Å². The Hall–Kier alpha value is -3.83. The van der Waals surface area contributed by atoms with Gasteiger partial charge in [-0.2, -0.15) is 0 Å². The van der Waals surface area contributed by atoms with E-state index in [0.29, 0.717) is 33.3 Å². The van der Waals surface area contributed by atoms with Crippen molar-refractivity contribution < 1.29 is 43.2 Å². The summed E-state index contributed by atoms with van der Waals surface area (Å²) < 4.78 is 22.9. The molecule has 2 aromatic rings. The summed E-state index contributed by atoms with van der Waals surface area (Å²) in [5.41, 5.74) is 0.964. The van der Waals surface area contributed by atoms with Crippen molar-refractivity contribution in [3.63, 3.8) is 0 Å². The van der Waals surface area contributed by atoms with Crippen LogP contribution in [0.2, 0.25) is 5.02 Å². The first-order chi connectivity index (χ1) is 19.9. The van der Waals surface area contributed by atoms with Crippen LogP contribution in [0, 0.1) is 5.41 Å². The number of carboxylic acids is 1. The van der Waals surface area contributed by atoms with E-state index in [1.54, 1.807) is 36.4 Å². The number of methoxy groups -OCH3 is 2. The third kappa shape index (κ3) is 8.36. The number of carbonyl (C=O) groups is 4. The third-order valence-electron chi connectivity index (χ3n) is 6.63. The van der Waals surface area contributed by atoms with Crippen LogP contribution < -0.4 is 19.7 Å². The molecule has 0 bridgehead atoms. The number of para-hydroxylation sites is 1. The van der Waals surface area contributed by atoms with Gasteiger partial charge >= 0.3 is 11.9 Å². The molecule has 12 heteroatoms. The fourth-order valence-electron chi connectivity index (χ4n) is 4.71. The molecule has 2 aromatic carbocycles. The first kappa shape index (κ1) is 32.7. The lowest BCUT2D eigenvalue weighted by atomic mass is 9.92. The number of halogens is 1. The molecule has 0 aliphatic carbocycles. The van der Waals surface area contributed by atoms with Crippen LogP contribution in [-0.2, 0) is 28.7 Å². The number of carboxylic acid groups (broad SMARTS) is 1. The fourth-order valence-corrected chi connectivity index (χ4v) is 4.89. The van der Waals surface area contributed by atoms with Crippen molar-refractivity contribution in [1.29, 1.82) is 0 Å². The van der Waals surface area contributed by atoms with Crippen LogP contribution >= 0.6 is 11.6 Å². The lowest BCUT2D eigenvalue weighted by molar-refractivity contribution is -0.144. The first-order valence-electron chi connectivity index (χ1n) is 13.5. The number of hydrogen-bond donors (Lipinski definition) is 2. The minimum atomic E-state index is -1.24. The Morgan fingerprint density at radius 1 is 1.12 bits per heavy atom. The number of nitrogens with one attached hydrogen (secondary N) is 1. The van der Waals surface area contributed by atoms with Crippen molar-refractivity contribution in [2.75, 3.05) is 38.8 Å². The first-order valence-corrected chi connectivity index (χ1v) is 13.8. The molecule has 0 radical (unpaired) electrons. The van der Waals surface area contributed by atoms with E-state index in [4.69, 9.17) is 35.7 Å². The van der Waals surface area contributed by atoms with Gasteiger partial charge in [0.1, 0.15) is 12.2 Å². The number of amides is 2. The molecule has 42 heavy (non-hydrogen) atoms. The molecular weight excluding hydrogens is 568 g/mol. The summed E-state index contributed by atoms with van der Waals surface area (Å²) in [5.74, 6) is -1.51. The Bertz CT molecular complexity index is 1310. The van der Waals surface area contributed by atoms with Crippen molar-refractivity contribution in [3.8, 4) is 11.5 Å². The largest absolute Gasteiger partial charge is 0.493 e. The van der Waals surface area contributed by atoms with Gasteiger partial charge in [-0.25, -0.2) is 0 Å². The number of aliphatic carboxylic acids is 1. The van der Waals surface area contributed by atoms with Crippen molar-refractivity contribution in [1.82, 2.24) is 5.32 Å². The number of ether oxygens (including phenoxy) is 4. The molecule has 228 valence electrons. The normalized spacial score (nSPS) is 16.7.